The highest BCUT2D eigenvalue weighted by atomic mass is 19.4. The van der Waals surface area contributed by atoms with Gasteiger partial charge in [-0.15, -0.1) is 0 Å². The number of hydrogen-bond donors (Lipinski definition) is 0. The molecule has 3 nitrogen and oxygen atoms in total. The number of anilines is 4. The van der Waals surface area contributed by atoms with Gasteiger partial charge in [0.1, 0.15) is 0 Å². The van der Waals surface area contributed by atoms with Gasteiger partial charge in [-0.25, -0.2) is 4.79 Å². The summed E-state index contributed by atoms with van der Waals surface area (Å²) in [5.74, 6) is 0. The molecule has 6 aromatic rings. The second-order valence-corrected chi connectivity index (χ2v) is 12.3. The van der Waals surface area contributed by atoms with E-state index in [1.165, 1.54) is 21.9 Å². The molecule has 3 aliphatic rings. The molecule has 0 atom stereocenters. The van der Waals surface area contributed by atoms with E-state index in [2.05, 4.69) is 0 Å². The van der Waals surface area contributed by atoms with E-state index in [1.807, 2.05) is 84.9 Å². The average molecular weight is 644 g/mol. The Morgan fingerprint density at radius 1 is 0.479 bits per heavy atom. The Morgan fingerprint density at radius 3 is 1.27 bits per heavy atom. The van der Waals surface area contributed by atoms with Crippen LogP contribution in [0.25, 0.3) is 10.8 Å². The van der Waals surface area contributed by atoms with Crippen molar-refractivity contribution < 1.29 is 31.1 Å². The molecule has 48 heavy (non-hydrogen) atoms. The molecule has 0 fully saturated rings. The van der Waals surface area contributed by atoms with Crippen molar-refractivity contribution in [1.82, 2.24) is 0 Å². The zero-order valence-electron chi connectivity index (χ0n) is 24.8. The lowest BCUT2D eigenvalue weighted by atomic mass is 9.34. The zero-order chi connectivity index (χ0) is 33.1. The summed E-state index contributed by atoms with van der Waals surface area (Å²) in [5.41, 5.74) is 3.15. The van der Waals surface area contributed by atoms with Crippen LogP contribution in [0.4, 0.5) is 53.9 Å². The molecule has 0 radical (unpaired) electrons. The number of carbonyl (C=O) groups excluding carboxylic acids is 1. The summed E-state index contributed by atoms with van der Waals surface area (Å²) >= 11 is 0. The summed E-state index contributed by atoms with van der Waals surface area (Å²) in [5, 5.41) is 1.30. The van der Waals surface area contributed by atoms with Gasteiger partial charge < -0.3 is 0 Å². The summed E-state index contributed by atoms with van der Waals surface area (Å²) in [6.07, 6.45) is -9.40. The second kappa shape index (κ2) is 9.79. The highest BCUT2D eigenvalue weighted by Crippen LogP contribution is 2.48. The molecule has 0 unspecified atom stereocenters. The Balaban J connectivity index is 1.42. The van der Waals surface area contributed by atoms with E-state index in [1.54, 1.807) is 0 Å². The summed E-state index contributed by atoms with van der Waals surface area (Å²) in [6, 6.07) is 32.3. The molecule has 232 valence electrons. The number of fused-ring (bicyclic) bond motifs is 4. The Kier molecular flexibility index (Phi) is 5.87. The van der Waals surface area contributed by atoms with Crippen LogP contribution >= 0.6 is 0 Å². The predicted molar refractivity (Wildman–Crippen MR) is 179 cm³/mol. The number of alkyl halides is 6. The van der Waals surface area contributed by atoms with Crippen LogP contribution in [0.2, 0.25) is 0 Å². The van der Waals surface area contributed by atoms with Crippen LogP contribution in [-0.2, 0) is 12.4 Å². The lowest BCUT2D eigenvalue weighted by Crippen LogP contribution is -2.64. The third-order valence-corrected chi connectivity index (χ3v) is 9.73. The molecule has 0 saturated heterocycles. The molecule has 0 aromatic heterocycles. The molecule has 0 spiro atoms. The predicted octanol–water partition coefficient (Wildman–Crippen LogP) is 5.95. The minimum Gasteiger partial charge on any atom is -0.263 e. The van der Waals surface area contributed by atoms with Crippen LogP contribution in [0.5, 0.6) is 0 Å². The number of benzene rings is 6. The van der Waals surface area contributed by atoms with Gasteiger partial charge in [-0.05, 0) is 39.4 Å². The number of urea groups is 1. The fraction of sp³-hybridized carbons (Fsp3) is 0.0541. The topological polar surface area (TPSA) is 23.6 Å². The van der Waals surface area contributed by atoms with Crippen molar-refractivity contribution in [1.29, 1.82) is 0 Å². The van der Waals surface area contributed by atoms with Crippen LogP contribution in [0, 0.1) is 0 Å². The van der Waals surface area contributed by atoms with Gasteiger partial charge >= 0.3 is 18.4 Å². The Morgan fingerprint density at radius 2 is 0.875 bits per heavy atom. The van der Waals surface area contributed by atoms with Crippen LogP contribution in [0.3, 0.4) is 0 Å². The fourth-order valence-corrected chi connectivity index (χ4v) is 7.76. The second-order valence-electron chi connectivity index (χ2n) is 12.3. The Labute approximate surface area is 271 Å². The Hall–Kier alpha value is -5.44. The molecular formula is C37H20B2F6N2O. The normalized spacial score (nSPS) is 14.8. The number of halogens is 6. The molecule has 3 aliphatic heterocycles. The number of amides is 2. The third kappa shape index (κ3) is 3.96. The molecule has 0 saturated carbocycles. The molecule has 3 heterocycles. The van der Waals surface area contributed by atoms with Gasteiger partial charge in [-0.2, -0.15) is 26.3 Å². The molecule has 0 aliphatic carbocycles. The van der Waals surface area contributed by atoms with Crippen molar-refractivity contribution in [2.45, 2.75) is 12.4 Å². The first kappa shape index (κ1) is 28.8. The van der Waals surface area contributed by atoms with Crippen LogP contribution in [0.15, 0.2) is 121 Å². The monoisotopic (exact) mass is 644 g/mol. The smallest absolute Gasteiger partial charge is 0.263 e. The van der Waals surface area contributed by atoms with Gasteiger partial charge in [0.25, 0.3) is 0 Å². The van der Waals surface area contributed by atoms with E-state index in [4.69, 9.17) is 0 Å². The average Bonchev–Trinajstić information content (AvgIpc) is 3.08. The minimum atomic E-state index is -4.70. The summed E-state index contributed by atoms with van der Waals surface area (Å²) in [6.45, 7) is -1.01. The zero-order valence-corrected chi connectivity index (χ0v) is 24.8. The maximum Gasteiger partial charge on any atom is 0.416 e. The maximum atomic E-state index is 15.0. The summed E-state index contributed by atoms with van der Waals surface area (Å²) < 4.78 is 85.3. The number of carbonyl (C=O) groups is 1. The first-order chi connectivity index (χ1) is 23.0. The quantitative estimate of drug-likeness (QED) is 0.169. The van der Waals surface area contributed by atoms with E-state index < -0.39 is 42.9 Å². The number of hydrogen-bond acceptors (Lipinski definition) is 1. The Bertz CT molecular complexity index is 2170. The minimum absolute atomic E-state index is 0.0402. The van der Waals surface area contributed by atoms with Crippen molar-refractivity contribution in [2.24, 2.45) is 0 Å². The molecular weight excluding hydrogens is 624 g/mol. The molecule has 9 rings (SSSR count). The summed E-state index contributed by atoms with van der Waals surface area (Å²) in [7, 11) is 0. The van der Waals surface area contributed by atoms with E-state index in [-0.39, 0.29) is 11.4 Å². The fourth-order valence-electron chi connectivity index (χ4n) is 7.76. The lowest BCUT2D eigenvalue weighted by molar-refractivity contribution is -0.138. The van der Waals surface area contributed by atoms with Crippen molar-refractivity contribution in [3.8, 4) is 0 Å². The van der Waals surface area contributed by atoms with Crippen LogP contribution in [0.1, 0.15) is 11.1 Å². The SMILES string of the molecule is O=C1N2c3cc(C(F)(F)F)ccc3B(c3ccccc3)c3ccc4ccc5c(c4c32)N1c1cc(C(F)(F)F)ccc1B5c1ccccc1. The first-order valence-electron chi connectivity index (χ1n) is 15.3. The van der Waals surface area contributed by atoms with Crippen LogP contribution < -0.4 is 42.6 Å². The van der Waals surface area contributed by atoms with Crippen molar-refractivity contribution in [3.05, 3.63) is 132 Å². The standard InChI is InChI=1S/C37H20B2F6N2O/c40-36(41,42)22-13-17-26-30(19-22)46-33-28(38(26)24-7-3-1-4-8-24)15-11-21-12-16-29-34(32(21)33)47(35(46)48)31-20-23(37(43,44)45)14-18-27(31)39(29)25-9-5-2-6-10-25/h1-20H. The number of nitrogens with zero attached hydrogens (tertiary/aromatic N) is 2. The first-order valence-corrected chi connectivity index (χ1v) is 15.3. The largest absolute Gasteiger partial charge is 0.416 e. The van der Waals surface area contributed by atoms with E-state index in [0.717, 1.165) is 35.2 Å². The highest BCUT2D eigenvalue weighted by molar-refractivity contribution is 7.00. The van der Waals surface area contributed by atoms with Gasteiger partial charge in [0.05, 0.1) is 22.5 Å². The molecule has 6 aromatic carbocycles. The van der Waals surface area contributed by atoms with Crippen molar-refractivity contribution >= 4 is 85.8 Å². The van der Waals surface area contributed by atoms with E-state index >= 15 is 0 Å². The van der Waals surface area contributed by atoms with Gasteiger partial charge in [0.2, 0.25) is 13.4 Å². The molecule has 0 N–H and O–H groups in total. The molecule has 2 amide bonds. The van der Waals surface area contributed by atoms with Crippen molar-refractivity contribution in [3.63, 3.8) is 0 Å². The summed E-state index contributed by atoms with van der Waals surface area (Å²) in [4.78, 5) is 17.5. The van der Waals surface area contributed by atoms with Crippen LogP contribution in [-0.4, -0.2) is 19.5 Å². The van der Waals surface area contributed by atoms with Gasteiger partial charge in [-0.1, -0.05) is 120 Å². The lowest BCUT2D eigenvalue weighted by Gasteiger charge is -2.46. The van der Waals surface area contributed by atoms with Crippen molar-refractivity contribution in [2.75, 3.05) is 9.80 Å². The van der Waals surface area contributed by atoms with E-state index in [0.29, 0.717) is 44.0 Å². The highest BCUT2D eigenvalue weighted by Gasteiger charge is 2.49. The van der Waals surface area contributed by atoms with Gasteiger partial charge in [0, 0.05) is 16.8 Å². The van der Waals surface area contributed by atoms with E-state index in [9.17, 15) is 31.1 Å². The van der Waals surface area contributed by atoms with Gasteiger partial charge in [-0.3, -0.25) is 9.80 Å². The van der Waals surface area contributed by atoms with Gasteiger partial charge in [0.15, 0.2) is 0 Å². The molecule has 11 heteroatoms. The third-order valence-electron chi connectivity index (χ3n) is 9.73. The molecule has 0 bridgehead atoms. The maximum absolute atomic E-state index is 15.0. The number of rotatable bonds is 2.